The van der Waals surface area contributed by atoms with Gasteiger partial charge >= 0.3 is 0 Å². The van der Waals surface area contributed by atoms with Crippen LogP contribution in [0.15, 0.2) is 76.5 Å². The van der Waals surface area contributed by atoms with Crippen LogP contribution in [0.2, 0.25) is 5.02 Å². The normalized spacial score (nSPS) is 10.9. The monoisotopic (exact) mass is 450 g/mol. The van der Waals surface area contributed by atoms with E-state index in [1.807, 2.05) is 42.5 Å². The molecule has 4 nitrogen and oxygen atoms in total. The minimum Gasteiger partial charge on any atom is -0.497 e. The molecule has 0 saturated carbocycles. The minimum atomic E-state index is -0.126. The molecule has 1 amide bonds. The summed E-state index contributed by atoms with van der Waals surface area (Å²) in [6, 6.07) is 21.8. The van der Waals surface area contributed by atoms with E-state index in [0.717, 1.165) is 38.4 Å². The third-order valence-corrected chi connectivity index (χ3v) is 6.43. The first kappa shape index (κ1) is 21.3. The van der Waals surface area contributed by atoms with Crippen LogP contribution in [0.1, 0.15) is 21.6 Å². The Kier molecular flexibility index (Phi) is 6.54. The summed E-state index contributed by atoms with van der Waals surface area (Å²) in [5, 5.41) is 4.74. The van der Waals surface area contributed by atoms with E-state index in [4.69, 9.17) is 16.3 Å². The summed E-state index contributed by atoms with van der Waals surface area (Å²) in [5.74, 6) is 0.620. The lowest BCUT2D eigenvalue weighted by molar-refractivity contribution is 0.0947. The smallest absolute Gasteiger partial charge is 0.268 e. The van der Waals surface area contributed by atoms with E-state index < -0.39 is 0 Å². The molecule has 0 saturated heterocycles. The second kappa shape index (κ2) is 9.50. The zero-order valence-corrected chi connectivity index (χ0v) is 18.9. The van der Waals surface area contributed by atoms with Crippen LogP contribution in [-0.2, 0) is 6.42 Å². The zero-order chi connectivity index (χ0) is 21.8. The Bertz CT molecular complexity index is 1200. The molecule has 2 N–H and O–H groups in total. The molecule has 0 spiro atoms. The summed E-state index contributed by atoms with van der Waals surface area (Å²) >= 11 is 7.53. The molecule has 6 heteroatoms. The fraction of sp³-hybridized carbons (Fsp3) is 0.160. The molecule has 1 heterocycles. The summed E-state index contributed by atoms with van der Waals surface area (Å²) in [4.78, 5) is 18.4. The highest BCUT2D eigenvalue weighted by Gasteiger charge is 2.19. The number of carbonyl (C=O) groups is 1. The van der Waals surface area contributed by atoms with E-state index in [1.165, 1.54) is 5.56 Å². The lowest BCUT2D eigenvalue weighted by Gasteiger charge is -2.08. The molecule has 4 rings (SSSR count). The van der Waals surface area contributed by atoms with Gasteiger partial charge in [0, 0.05) is 27.9 Å². The number of aromatic amines is 1. The molecule has 0 aliphatic heterocycles. The van der Waals surface area contributed by atoms with Gasteiger partial charge in [-0.3, -0.25) is 4.79 Å². The van der Waals surface area contributed by atoms with Crippen molar-refractivity contribution in [1.82, 2.24) is 10.3 Å². The second-order valence-corrected chi connectivity index (χ2v) is 8.81. The Labute approximate surface area is 191 Å². The van der Waals surface area contributed by atoms with Crippen molar-refractivity contribution in [2.45, 2.75) is 23.1 Å². The first-order valence-corrected chi connectivity index (χ1v) is 11.2. The quantitative estimate of drug-likeness (QED) is 0.349. The van der Waals surface area contributed by atoms with Crippen molar-refractivity contribution in [1.29, 1.82) is 0 Å². The number of H-pyrrole nitrogens is 1. The zero-order valence-electron chi connectivity index (χ0n) is 17.4. The highest BCUT2D eigenvalue weighted by atomic mass is 35.5. The van der Waals surface area contributed by atoms with Gasteiger partial charge < -0.3 is 15.0 Å². The first-order valence-electron chi connectivity index (χ1n) is 10.0. The van der Waals surface area contributed by atoms with Crippen molar-refractivity contribution in [2.75, 3.05) is 13.7 Å². The largest absolute Gasteiger partial charge is 0.497 e. The number of aromatic nitrogens is 1. The highest BCUT2D eigenvalue weighted by molar-refractivity contribution is 7.99. The fourth-order valence-corrected chi connectivity index (χ4v) is 4.50. The second-order valence-electron chi connectivity index (χ2n) is 7.29. The Morgan fingerprint density at radius 1 is 1.06 bits per heavy atom. The number of fused-ring (bicyclic) bond motifs is 1. The van der Waals surface area contributed by atoms with Gasteiger partial charge in [0.1, 0.15) is 11.4 Å². The van der Waals surface area contributed by atoms with E-state index >= 15 is 0 Å². The number of rotatable bonds is 7. The molecule has 0 atom stereocenters. The van der Waals surface area contributed by atoms with Gasteiger partial charge in [-0.25, -0.2) is 0 Å². The molecule has 0 bridgehead atoms. The van der Waals surface area contributed by atoms with Crippen LogP contribution in [0.4, 0.5) is 0 Å². The molecule has 0 aliphatic rings. The lowest BCUT2D eigenvalue weighted by Crippen LogP contribution is -2.26. The van der Waals surface area contributed by atoms with Crippen molar-refractivity contribution in [3.63, 3.8) is 0 Å². The van der Waals surface area contributed by atoms with Crippen LogP contribution in [0.5, 0.6) is 5.75 Å². The van der Waals surface area contributed by atoms with Gasteiger partial charge in [0.2, 0.25) is 0 Å². The predicted molar refractivity (Wildman–Crippen MR) is 128 cm³/mol. The Hall–Kier alpha value is -2.89. The summed E-state index contributed by atoms with van der Waals surface area (Å²) in [6.07, 6.45) is 0.734. The van der Waals surface area contributed by atoms with Crippen LogP contribution in [0.3, 0.4) is 0 Å². The number of hydrogen-bond donors (Lipinski definition) is 2. The number of nitrogens with one attached hydrogen (secondary N) is 2. The van der Waals surface area contributed by atoms with Gasteiger partial charge in [0.15, 0.2) is 0 Å². The molecule has 0 aliphatic carbocycles. The molecule has 31 heavy (non-hydrogen) atoms. The molecule has 0 unspecified atom stereocenters. The average Bonchev–Trinajstić information content (AvgIpc) is 3.14. The van der Waals surface area contributed by atoms with Crippen LogP contribution in [-0.4, -0.2) is 24.5 Å². The van der Waals surface area contributed by atoms with E-state index in [9.17, 15) is 4.79 Å². The van der Waals surface area contributed by atoms with Crippen molar-refractivity contribution in [3.8, 4) is 5.75 Å². The van der Waals surface area contributed by atoms with E-state index in [1.54, 1.807) is 18.9 Å². The molecule has 4 aromatic rings. The summed E-state index contributed by atoms with van der Waals surface area (Å²) in [7, 11) is 1.64. The van der Waals surface area contributed by atoms with Crippen molar-refractivity contribution in [3.05, 3.63) is 88.6 Å². The van der Waals surface area contributed by atoms with E-state index in [2.05, 4.69) is 41.5 Å². The number of hydrogen-bond acceptors (Lipinski definition) is 3. The molecule has 1 aromatic heterocycles. The van der Waals surface area contributed by atoms with E-state index in [-0.39, 0.29) is 5.91 Å². The average molecular weight is 451 g/mol. The number of carbonyl (C=O) groups excluding carboxylic acids is 1. The third kappa shape index (κ3) is 5.06. The third-order valence-electron chi connectivity index (χ3n) is 5.04. The SMILES string of the molecule is COc1ccc2c(Sc3ccc(C)cc3)c(C(=O)NCCc3ccc(Cl)cc3)[nH]c2c1. The van der Waals surface area contributed by atoms with Gasteiger partial charge in [-0.15, -0.1) is 0 Å². The van der Waals surface area contributed by atoms with Gasteiger partial charge in [-0.05, 0) is 55.3 Å². The Morgan fingerprint density at radius 3 is 2.52 bits per heavy atom. The summed E-state index contributed by atoms with van der Waals surface area (Å²) < 4.78 is 5.35. The molecule has 158 valence electrons. The number of amides is 1. The standard InChI is InChI=1S/C25H23ClN2O2S/c1-16-3-10-20(11-4-16)31-24-21-12-9-19(30-2)15-22(21)28-23(24)25(29)27-14-13-17-5-7-18(26)8-6-17/h3-12,15,28H,13-14H2,1-2H3,(H,27,29). The minimum absolute atomic E-state index is 0.126. The fourth-order valence-electron chi connectivity index (χ4n) is 3.33. The number of halogens is 1. The molecular weight excluding hydrogens is 428 g/mol. The maximum Gasteiger partial charge on any atom is 0.268 e. The number of methoxy groups -OCH3 is 1. The topological polar surface area (TPSA) is 54.1 Å². The van der Waals surface area contributed by atoms with Gasteiger partial charge in [-0.1, -0.05) is 53.2 Å². The van der Waals surface area contributed by atoms with Crippen LogP contribution < -0.4 is 10.1 Å². The van der Waals surface area contributed by atoms with Gasteiger partial charge in [0.25, 0.3) is 5.91 Å². The maximum absolute atomic E-state index is 13.1. The summed E-state index contributed by atoms with van der Waals surface area (Å²) in [5.41, 5.74) is 3.76. The number of ether oxygens (including phenoxy) is 1. The number of benzene rings is 3. The van der Waals surface area contributed by atoms with Crippen molar-refractivity contribution in [2.24, 2.45) is 0 Å². The van der Waals surface area contributed by atoms with Gasteiger partial charge in [0.05, 0.1) is 17.5 Å². The lowest BCUT2D eigenvalue weighted by atomic mass is 10.1. The van der Waals surface area contributed by atoms with E-state index in [0.29, 0.717) is 17.3 Å². The molecule has 3 aromatic carbocycles. The first-order chi connectivity index (χ1) is 15.0. The molecular formula is C25H23ClN2O2S. The molecule has 0 radical (unpaired) electrons. The maximum atomic E-state index is 13.1. The molecule has 0 fully saturated rings. The van der Waals surface area contributed by atoms with Crippen molar-refractivity contribution < 1.29 is 9.53 Å². The summed E-state index contributed by atoms with van der Waals surface area (Å²) in [6.45, 7) is 2.60. The van der Waals surface area contributed by atoms with Gasteiger partial charge in [-0.2, -0.15) is 0 Å². The van der Waals surface area contributed by atoms with Crippen molar-refractivity contribution >= 4 is 40.2 Å². The predicted octanol–water partition coefficient (Wildman–Crippen LogP) is 6.26. The Balaban J connectivity index is 1.58. The van der Waals surface area contributed by atoms with Crippen LogP contribution in [0, 0.1) is 6.92 Å². The highest BCUT2D eigenvalue weighted by Crippen LogP contribution is 2.38. The van der Waals surface area contributed by atoms with Crippen LogP contribution in [0.25, 0.3) is 10.9 Å². The van der Waals surface area contributed by atoms with Crippen LogP contribution >= 0.6 is 23.4 Å². The number of aryl methyl sites for hydroxylation is 1. The Morgan fingerprint density at radius 2 is 1.81 bits per heavy atom.